The first-order chi connectivity index (χ1) is 9.16. The molecule has 4 nitrogen and oxygen atoms in total. The summed E-state index contributed by atoms with van der Waals surface area (Å²) < 4.78 is 13.4. The number of aromatic nitrogens is 1. The van der Waals surface area contributed by atoms with Gasteiger partial charge in [-0.25, -0.2) is 19.1 Å². The molecule has 1 aliphatic rings. The third-order valence-electron chi connectivity index (χ3n) is 3.07. The predicted molar refractivity (Wildman–Crippen MR) is 69.6 cm³/mol. The molecule has 1 aromatic heterocycles. The zero-order chi connectivity index (χ0) is 13.4. The minimum atomic E-state index is -0.379. The van der Waals surface area contributed by atoms with Gasteiger partial charge in [0.2, 0.25) is 0 Å². The molecular formula is C14H12FN3O. The van der Waals surface area contributed by atoms with E-state index >= 15 is 0 Å². The molecule has 0 N–H and O–H groups in total. The molecule has 0 fully saturated rings. The molecule has 0 unspecified atom stereocenters. The van der Waals surface area contributed by atoms with Crippen molar-refractivity contribution >= 4 is 17.5 Å². The van der Waals surface area contributed by atoms with Crippen LogP contribution in [-0.2, 0) is 6.54 Å². The second-order valence-corrected chi connectivity index (χ2v) is 4.44. The monoisotopic (exact) mass is 257 g/mol. The Kier molecular flexibility index (Phi) is 2.67. The number of amides is 2. The van der Waals surface area contributed by atoms with Crippen molar-refractivity contribution in [3.05, 3.63) is 54.0 Å². The molecule has 19 heavy (non-hydrogen) atoms. The van der Waals surface area contributed by atoms with Crippen LogP contribution in [0.3, 0.4) is 0 Å². The summed E-state index contributed by atoms with van der Waals surface area (Å²) in [4.78, 5) is 19.5. The molecule has 0 bridgehead atoms. The predicted octanol–water partition coefficient (Wildman–Crippen LogP) is 2.92. The number of urea groups is 1. The van der Waals surface area contributed by atoms with Crippen LogP contribution in [-0.4, -0.2) is 23.0 Å². The summed E-state index contributed by atoms with van der Waals surface area (Å²) in [5, 5.41) is 0. The second kappa shape index (κ2) is 4.35. The topological polar surface area (TPSA) is 36.4 Å². The Balaban J connectivity index is 2.16. The highest BCUT2D eigenvalue weighted by atomic mass is 19.1. The molecule has 2 heterocycles. The number of carbonyl (C=O) groups excluding carboxylic acids is 1. The molecule has 0 aliphatic carbocycles. The molecule has 96 valence electrons. The van der Waals surface area contributed by atoms with Gasteiger partial charge in [0, 0.05) is 18.8 Å². The fourth-order valence-electron chi connectivity index (χ4n) is 2.19. The third-order valence-corrected chi connectivity index (χ3v) is 3.07. The highest BCUT2D eigenvalue weighted by Crippen LogP contribution is 2.32. The van der Waals surface area contributed by atoms with E-state index in [1.165, 1.54) is 17.0 Å². The van der Waals surface area contributed by atoms with Crippen LogP contribution in [0.25, 0.3) is 0 Å². The van der Waals surface area contributed by atoms with Crippen LogP contribution in [0.2, 0.25) is 0 Å². The molecule has 3 rings (SSSR count). The van der Waals surface area contributed by atoms with E-state index in [9.17, 15) is 9.18 Å². The van der Waals surface area contributed by atoms with E-state index in [1.807, 2.05) is 12.1 Å². The Hall–Kier alpha value is -2.43. The maximum absolute atomic E-state index is 13.4. The Labute approximate surface area is 110 Å². The van der Waals surface area contributed by atoms with Gasteiger partial charge in [-0.15, -0.1) is 0 Å². The summed E-state index contributed by atoms with van der Waals surface area (Å²) in [6.07, 6.45) is 1.63. The van der Waals surface area contributed by atoms with Crippen molar-refractivity contribution in [2.24, 2.45) is 0 Å². The average Bonchev–Trinajstić information content (AvgIpc) is 2.40. The normalized spacial score (nSPS) is 14.5. The first-order valence-electron chi connectivity index (χ1n) is 5.91. The van der Waals surface area contributed by atoms with Gasteiger partial charge in [0.05, 0.1) is 12.2 Å². The van der Waals surface area contributed by atoms with Crippen molar-refractivity contribution in [2.45, 2.75) is 6.54 Å². The van der Waals surface area contributed by atoms with Gasteiger partial charge in [-0.2, -0.15) is 0 Å². The van der Waals surface area contributed by atoms with Crippen LogP contribution in [0.5, 0.6) is 0 Å². The zero-order valence-corrected chi connectivity index (χ0v) is 10.4. The van der Waals surface area contributed by atoms with E-state index in [-0.39, 0.29) is 11.8 Å². The van der Waals surface area contributed by atoms with Crippen molar-refractivity contribution in [1.82, 2.24) is 9.88 Å². The molecule has 0 radical (unpaired) electrons. The van der Waals surface area contributed by atoms with E-state index in [0.717, 1.165) is 5.56 Å². The number of pyridine rings is 1. The largest absolute Gasteiger partial charge is 0.330 e. The number of hydrogen-bond donors (Lipinski definition) is 0. The Bertz CT molecular complexity index is 644. The number of nitrogens with zero attached hydrogens (tertiary/aromatic N) is 3. The molecule has 0 saturated carbocycles. The van der Waals surface area contributed by atoms with E-state index in [4.69, 9.17) is 0 Å². The second-order valence-electron chi connectivity index (χ2n) is 4.44. The van der Waals surface area contributed by atoms with E-state index in [2.05, 4.69) is 4.98 Å². The van der Waals surface area contributed by atoms with Crippen LogP contribution < -0.4 is 4.90 Å². The highest BCUT2D eigenvalue weighted by molar-refractivity contribution is 6.00. The summed E-state index contributed by atoms with van der Waals surface area (Å²) in [7, 11) is 1.71. The Morgan fingerprint density at radius 2 is 2.11 bits per heavy atom. The number of halogens is 1. The van der Waals surface area contributed by atoms with E-state index < -0.39 is 0 Å². The molecule has 2 amide bonds. The van der Waals surface area contributed by atoms with Crippen molar-refractivity contribution < 1.29 is 9.18 Å². The van der Waals surface area contributed by atoms with Crippen molar-refractivity contribution in [3.63, 3.8) is 0 Å². The lowest BCUT2D eigenvalue weighted by Crippen LogP contribution is -2.42. The van der Waals surface area contributed by atoms with Gasteiger partial charge < -0.3 is 4.90 Å². The number of anilines is 2. The van der Waals surface area contributed by atoms with Gasteiger partial charge in [0.1, 0.15) is 11.6 Å². The first-order valence-corrected chi connectivity index (χ1v) is 5.91. The van der Waals surface area contributed by atoms with E-state index in [1.54, 1.807) is 30.3 Å². The minimum absolute atomic E-state index is 0.211. The summed E-state index contributed by atoms with van der Waals surface area (Å²) in [5.74, 6) is 0.187. The summed E-state index contributed by atoms with van der Waals surface area (Å²) in [5.41, 5.74) is 1.42. The molecule has 1 aliphatic heterocycles. The van der Waals surface area contributed by atoms with Gasteiger partial charge in [-0.05, 0) is 24.3 Å². The number of benzene rings is 1. The maximum Gasteiger partial charge on any atom is 0.330 e. The number of rotatable bonds is 1. The van der Waals surface area contributed by atoms with Gasteiger partial charge in [0.15, 0.2) is 0 Å². The third kappa shape index (κ3) is 1.93. The fourth-order valence-corrected chi connectivity index (χ4v) is 2.19. The van der Waals surface area contributed by atoms with Crippen LogP contribution in [0.1, 0.15) is 5.56 Å². The molecular weight excluding hydrogens is 245 g/mol. The van der Waals surface area contributed by atoms with Crippen LogP contribution in [0.4, 0.5) is 20.7 Å². The van der Waals surface area contributed by atoms with Crippen molar-refractivity contribution in [3.8, 4) is 0 Å². The van der Waals surface area contributed by atoms with Crippen molar-refractivity contribution in [2.75, 3.05) is 11.9 Å². The first kappa shape index (κ1) is 11.6. The standard InChI is InChI=1S/C14H12FN3O/c1-17-9-10-4-3-7-16-13(10)18(14(17)19)12-6-2-5-11(15)8-12/h2-8H,9H2,1H3. The van der Waals surface area contributed by atoms with Gasteiger partial charge >= 0.3 is 6.03 Å². The lowest BCUT2D eigenvalue weighted by atomic mass is 10.1. The van der Waals surface area contributed by atoms with Gasteiger partial charge in [-0.3, -0.25) is 0 Å². The highest BCUT2D eigenvalue weighted by Gasteiger charge is 2.30. The quantitative estimate of drug-likeness (QED) is 0.787. The molecule has 2 aromatic rings. The fraction of sp³-hybridized carbons (Fsp3) is 0.143. The van der Waals surface area contributed by atoms with Crippen LogP contribution >= 0.6 is 0 Å². The number of carbonyl (C=O) groups is 1. The summed E-state index contributed by atoms with van der Waals surface area (Å²) >= 11 is 0. The average molecular weight is 257 g/mol. The molecule has 1 aromatic carbocycles. The lowest BCUT2D eigenvalue weighted by Gasteiger charge is -2.33. The number of fused-ring (bicyclic) bond motifs is 1. The zero-order valence-electron chi connectivity index (χ0n) is 10.4. The molecule has 5 heteroatoms. The van der Waals surface area contributed by atoms with Gasteiger partial charge in [0.25, 0.3) is 0 Å². The molecule has 0 saturated heterocycles. The smallest absolute Gasteiger partial charge is 0.323 e. The maximum atomic E-state index is 13.4. The minimum Gasteiger partial charge on any atom is -0.323 e. The Morgan fingerprint density at radius 3 is 2.89 bits per heavy atom. The Morgan fingerprint density at radius 1 is 1.26 bits per heavy atom. The van der Waals surface area contributed by atoms with Crippen molar-refractivity contribution in [1.29, 1.82) is 0 Å². The summed E-state index contributed by atoms with van der Waals surface area (Å²) in [6, 6.07) is 9.48. The number of hydrogen-bond acceptors (Lipinski definition) is 2. The lowest BCUT2D eigenvalue weighted by molar-refractivity contribution is 0.213. The van der Waals surface area contributed by atoms with E-state index in [0.29, 0.717) is 18.1 Å². The van der Waals surface area contributed by atoms with Crippen LogP contribution in [0.15, 0.2) is 42.6 Å². The summed E-state index contributed by atoms with van der Waals surface area (Å²) in [6.45, 7) is 0.508. The molecule has 0 atom stereocenters. The van der Waals surface area contributed by atoms with Crippen LogP contribution in [0, 0.1) is 5.82 Å². The van der Waals surface area contributed by atoms with Gasteiger partial charge in [-0.1, -0.05) is 12.1 Å². The molecule has 0 spiro atoms. The SMILES string of the molecule is CN1Cc2cccnc2N(c2cccc(F)c2)C1=O.